The van der Waals surface area contributed by atoms with Crippen molar-refractivity contribution in [2.45, 2.75) is 32.0 Å². The molecular formula is C14H15NO2S. The van der Waals surface area contributed by atoms with E-state index in [9.17, 15) is 5.11 Å². The van der Waals surface area contributed by atoms with Gasteiger partial charge in [0.2, 0.25) is 0 Å². The first-order valence-electron chi connectivity index (χ1n) is 6.09. The summed E-state index contributed by atoms with van der Waals surface area (Å²) in [5.74, 6) is 0.883. The average Bonchev–Trinajstić information content (AvgIpc) is 3.09. The number of aliphatic hydroxyl groups is 1. The second-order valence-corrected chi connectivity index (χ2v) is 5.84. The van der Waals surface area contributed by atoms with E-state index in [0.29, 0.717) is 6.10 Å². The molecule has 0 saturated heterocycles. The number of thiazole rings is 1. The molecule has 2 aromatic rings. The van der Waals surface area contributed by atoms with Crippen molar-refractivity contribution < 1.29 is 9.84 Å². The maximum atomic E-state index is 10.2. The molecule has 1 aliphatic carbocycles. The van der Waals surface area contributed by atoms with Gasteiger partial charge in [0.1, 0.15) is 11.9 Å². The fourth-order valence-corrected chi connectivity index (χ4v) is 2.58. The standard InChI is InChI=1S/C14H15NO2S/c1-9-15-8-13(18-9)14(16)10-2-4-11(5-3-10)17-12-6-7-12/h2-5,8,12,14,16H,6-7H2,1H3. The molecule has 1 heterocycles. The number of nitrogens with zero attached hydrogens (tertiary/aromatic N) is 1. The van der Waals surface area contributed by atoms with E-state index in [1.165, 1.54) is 11.3 Å². The topological polar surface area (TPSA) is 42.4 Å². The molecule has 0 radical (unpaired) electrons. The van der Waals surface area contributed by atoms with Crippen molar-refractivity contribution in [3.63, 3.8) is 0 Å². The Kier molecular flexibility index (Phi) is 3.06. The van der Waals surface area contributed by atoms with Crippen LogP contribution in [0.15, 0.2) is 30.5 Å². The molecule has 0 amide bonds. The van der Waals surface area contributed by atoms with Crippen LogP contribution in [-0.2, 0) is 0 Å². The van der Waals surface area contributed by atoms with Gasteiger partial charge in [0.05, 0.1) is 16.0 Å². The van der Waals surface area contributed by atoms with Gasteiger partial charge in [-0.2, -0.15) is 0 Å². The third kappa shape index (κ3) is 2.54. The molecular weight excluding hydrogens is 246 g/mol. The minimum atomic E-state index is -0.592. The van der Waals surface area contributed by atoms with E-state index in [-0.39, 0.29) is 0 Å². The van der Waals surface area contributed by atoms with Crippen molar-refractivity contribution in [1.82, 2.24) is 4.98 Å². The first-order chi connectivity index (χ1) is 8.72. The van der Waals surface area contributed by atoms with Gasteiger partial charge in [-0.25, -0.2) is 4.98 Å². The van der Waals surface area contributed by atoms with E-state index in [1.807, 2.05) is 31.2 Å². The summed E-state index contributed by atoms with van der Waals surface area (Å²) in [6.45, 7) is 1.94. The molecule has 4 heteroatoms. The molecule has 0 spiro atoms. The Bertz CT molecular complexity index is 531. The van der Waals surface area contributed by atoms with E-state index < -0.39 is 6.10 Å². The van der Waals surface area contributed by atoms with Crippen LogP contribution in [0.5, 0.6) is 5.75 Å². The first-order valence-corrected chi connectivity index (χ1v) is 6.91. The van der Waals surface area contributed by atoms with Gasteiger partial charge in [-0.3, -0.25) is 0 Å². The van der Waals surface area contributed by atoms with Crippen LogP contribution in [0, 0.1) is 6.92 Å². The first kappa shape index (κ1) is 11.7. The van der Waals surface area contributed by atoms with Crippen molar-refractivity contribution >= 4 is 11.3 Å². The molecule has 1 saturated carbocycles. The fourth-order valence-electron chi connectivity index (χ4n) is 1.78. The predicted molar refractivity (Wildman–Crippen MR) is 71.0 cm³/mol. The Labute approximate surface area is 110 Å². The van der Waals surface area contributed by atoms with Crippen LogP contribution in [0.4, 0.5) is 0 Å². The number of benzene rings is 1. The number of ether oxygens (including phenoxy) is 1. The van der Waals surface area contributed by atoms with Crippen molar-refractivity contribution in [1.29, 1.82) is 0 Å². The second-order valence-electron chi connectivity index (χ2n) is 4.57. The van der Waals surface area contributed by atoms with Gasteiger partial charge in [-0.15, -0.1) is 11.3 Å². The lowest BCUT2D eigenvalue weighted by atomic mass is 10.1. The predicted octanol–water partition coefficient (Wildman–Crippen LogP) is 3.07. The van der Waals surface area contributed by atoms with Gasteiger partial charge in [0.15, 0.2) is 0 Å². The van der Waals surface area contributed by atoms with Crippen LogP contribution in [0.3, 0.4) is 0 Å². The van der Waals surface area contributed by atoms with Gasteiger partial charge < -0.3 is 9.84 Å². The highest BCUT2D eigenvalue weighted by atomic mass is 32.1. The minimum Gasteiger partial charge on any atom is -0.490 e. The molecule has 1 N–H and O–H groups in total. The third-order valence-electron chi connectivity index (χ3n) is 2.93. The lowest BCUT2D eigenvalue weighted by molar-refractivity contribution is 0.223. The molecule has 3 rings (SSSR count). The van der Waals surface area contributed by atoms with Crippen LogP contribution >= 0.6 is 11.3 Å². The average molecular weight is 261 g/mol. The van der Waals surface area contributed by atoms with Crippen molar-refractivity contribution in [2.75, 3.05) is 0 Å². The van der Waals surface area contributed by atoms with Crippen LogP contribution in [0.2, 0.25) is 0 Å². The number of hydrogen-bond acceptors (Lipinski definition) is 4. The summed E-state index contributed by atoms with van der Waals surface area (Å²) in [5, 5.41) is 11.2. The summed E-state index contributed by atoms with van der Waals surface area (Å²) in [4.78, 5) is 5.04. The van der Waals surface area contributed by atoms with Gasteiger partial charge >= 0.3 is 0 Å². The molecule has 3 nitrogen and oxygen atoms in total. The van der Waals surface area contributed by atoms with Crippen LogP contribution in [-0.4, -0.2) is 16.2 Å². The Balaban J connectivity index is 1.74. The smallest absolute Gasteiger partial charge is 0.119 e. The Morgan fingerprint density at radius 1 is 1.33 bits per heavy atom. The molecule has 1 aliphatic rings. The Hall–Kier alpha value is -1.39. The molecule has 1 aromatic carbocycles. The van der Waals surface area contributed by atoms with Gasteiger partial charge in [-0.05, 0) is 37.5 Å². The van der Waals surface area contributed by atoms with Gasteiger partial charge in [0.25, 0.3) is 0 Å². The highest BCUT2D eigenvalue weighted by molar-refractivity contribution is 7.11. The summed E-state index contributed by atoms with van der Waals surface area (Å²) in [7, 11) is 0. The second kappa shape index (κ2) is 4.71. The Morgan fingerprint density at radius 2 is 2.06 bits per heavy atom. The molecule has 1 unspecified atom stereocenters. The summed E-state index contributed by atoms with van der Waals surface area (Å²) >= 11 is 1.52. The molecule has 1 fully saturated rings. The van der Waals surface area contributed by atoms with E-state index in [4.69, 9.17) is 4.74 Å². The molecule has 18 heavy (non-hydrogen) atoms. The zero-order valence-electron chi connectivity index (χ0n) is 10.2. The van der Waals surface area contributed by atoms with Crippen molar-refractivity contribution in [2.24, 2.45) is 0 Å². The van der Waals surface area contributed by atoms with Crippen molar-refractivity contribution in [3.05, 3.63) is 45.9 Å². The minimum absolute atomic E-state index is 0.407. The van der Waals surface area contributed by atoms with E-state index in [1.54, 1.807) is 6.20 Å². The summed E-state index contributed by atoms with van der Waals surface area (Å²) in [6.07, 6.45) is 3.87. The van der Waals surface area contributed by atoms with E-state index in [0.717, 1.165) is 34.0 Å². The maximum absolute atomic E-state index is 10.2. The Morgan fingerprint density at radius 3 is 2.61 bits per heavy atom. The SMILES string of the molecule is Cc1ncc(C(O)c2ccc(OC3CC3)cc2)s1. The summed E-state index contributed by atoms with van der Waals surface area (Å²) in [6, 6.07) is 7.67. The monoisotopic (exact) mass is 261 g/mol. The number of aliphatic hydroxyl groups excluding tert-OH is 1. The molecule has 94 valence electrons. The van der Waals surface area contributed by atoms with Crippen LogP contribution in [0.25, 0.3) is 0 Å². The summed E-state index contributed by atoms with van der Waals surface area (Å²) in [5.41, 5.74) is 0.877. The highest BCUT2D eigenvalue weighted by Crippen LogP contribution is 2.30. The molecule has 0 aliphatic heterocycles. The summed E-state index contributed by atoms with van der Waals surface area (Å²) < 4.78 is 5.68. The van der Waals surface area contributed by atoms with E-state index >= 15 is 0 Å². The largest absolute Gasteiger partial charge is 0.490 e. The molecule has 1 atom stereocenters. The van der Waals surface area contributed by atoms with Gasteiger partial charge in [-0.1, -0.05) is 12.1 Å². The third-order valence-corrected chi connectivity index (χ3v) is 3.90. The molecule has 0 bridgehead atoms. The zero-order valence-corrected chi connectivity index (χ0v) is 11.0. The molecule has 1 aromatic heterocycles. The highest BCUT2D eigenvalue weighted by Gasteiger charge is 2.23. The van der Waals surface area contributed by atoms with E-state index in [2.05, 4.69) is 4.98 Å². The van der Waals surface area contributed by atoms with Crippen LogP contribution in [0.1, 0.15) is 34.4 Å². The maximum Gasteiger partial charge on any atom is 0.119 e. The quantitative estimate of drug-likeness (QED) is 0.919. The van der Waals surface area contributed by atoms with Crippen LogP contribution < -0.4 is 4.74 Å². The number of aryl methyl sites for hydroxylation is 1. The number of rotatable bonds is 4. The lowest BCUT2D eigenvalue weighted by Gasteiger charge is -2.10. The normalized spacial score (nSPS) is 16.6. The van der Waals surface area contributed by atoms with Crippen molar-refractivity contribution in [3.8, 4) is 5.75 Å². The van der Waals surface area contributed by atoms with Gasteiger partial charge in [0, 0.05) is 6.20 Å². The number of hydrogen-bond donors (Lipinski definition) is 1. The number of aromatic nitrogens is 1. The zero-order chi connectivity index (χ0) is 12.5. The fraction of sp³-hybridized carbons (Fsp3) is 0.357. The lowest BCUT2D eigenvalue weighted by Crippen LogP contribution is -1.99.